The average molecular weight is 403 g/mol. The van der Waals surface area contributed by atoms with Gasteiger partial charge in [0, 0.05) is 11.6 Å². The molecule has 2 aromatic carbocycles. The number of allylic oxidation sites excluding steroid dienone is 2. The Balaban J connectivity index is 1.48. The van der Waals surface area contributed by atoms with Crippen LogP contribution in [-0.4, -0.2) is 24.2 Å². The fraction of sp³-hybridized carbons (Fsp3) is 0.320. The highest BCUT2D eigenvalue weighted by Gasteiger charge is 2.48. The largest absolute Gasteiger partial charge is 0.485 e. The van der Waals surface area contributed by atoms with Crippen molar-refractivity contribution in [1.29, 1.82) is 0 Å². The van der Waals surface area contributed by atoms with Crippen molar-refractivity contribution in [2.75, 3.05) is 11.5 Å². The molecule has 1 heterocycles. The van der Waals surface area contributed by atoms with E-state index in [9.17, 15) is 14.4 Å². The number of hydrogen-bond acceptors (Lipinski definition) is 4. The molecule has 5 nitrogen and oxygen atoms in total. The van der Waals surface area contributed by atoms with Crippen molar-refractivity contribution >= 4 is 23.3 Å². The first-order chi connectivity index (χ1) is 14.3. The standard InChI is InChI=1S/C25H25NO4/c1-15-7-10-21-22(11-15)25(29)26(24(21)28)19-5-4-6-20(13-19)30-14-23(27)18-9-8-16(2)17(3)12-18/h4-9,12-13,21-22H,10-11,14H2,1-3H3/t21-,22-/m0/s1. The van der Waals surface area contributed by atoms with Crippen LogP contribution in [0.2, 0.25) is 0 Å². The van der Waals surface area contributed by atoms with E-state index in [-0.39, 0.29) is 36.0 Å². The van der Waals surface area contributed by atoms with Gasteiger partial charge in [0.25, 0.3) is 0 Å². The summed E-state index contributed by atoms with van der Waals surface area (Å²) in [5.41, 5.74) is 4.44. The van der Waals surface area contributed by atoms with E-state index in [1.165, 1.54) is 4.90 Å². The number of anilines is 1. The van der Waals surface area contributed by atoms with Gasteiger partial charge in [-0.25, -0.2) is 4.90 Å². The lowest BCUT2D eigenvalue weighted by atomic mass is 9.82. The number of ether oxygens (including phenoxy) is 1. The normalized spacial score (nSPS) is 20.8. The predicted octanol–water partition coefficient (Wildman–Crippen LogP) is 4.41. The summed E-state index contributed by atoms with van der Waals surface area (Å²) in [6.45, 7) is 5.86. The molecule has 1 aliphatic heterocycles. The zero-order chi connectivity index (χ0) is 21.4. The van der Waals surface area contributed by atoms with Gasteiger partial charge in [0.2, 0.25) is 11.8 Å². The van der Waals surface area contributed by atoms with E-state index in [2.05, 4.69) is 0 Å². The number of carbonyl (C=O) groups is 3. The summed E-state index contributed by atoms with van der Waals surface area (Å²) < 4.78 is 5.69. The van der Waals surface area contributed by atoms with Crippen molar-refractivity contribution in [2.45, 2.75) is 33.6 Å². The number of hydrogen-bond donors (Lipinski definition) is 0. The molecule has 0 N–H and O–H groups in total. The Labute approximate surface area is 176 Å². The summed E-state index contributed by atoms with van der Waals surface area (Å²) in [5.74, 6) is -0.535. The van der Waals surface area contributed by atoms with Crippen molar-refractivity contribution in [3.05, 3.63) is 70.8 Å². The van der Waals surface area contributed by atoms with E-state index in [4.69, 9.17) is 4.74 Å². The number of carbonyl (C=O) groups excluding carboxylic acids is 3. The fourth-order valence-electron chi connectivity index (χ4n) is 4.15. The van der Waals surface area contributed by atoms with Gasteiger partial charge in [-0.15, -0.1) is 0 Å². The summed E-state index contributed by atoms with van der Waals surface area (Å²) in [6.07, 6.45) is 3.29. The quantitative estimate of drug-likeness (QED) is 0.421. The van der Waals surface area contributed by atoms with Gasteiger partial charge >= 0.3 is 0 Å². The van der Waals surface area contributed by atoms with Crippen LogP contribution in [0, 0.1) is 25.7 Å². The number of fused-ring (bicyclic) bond motifs is 1. The lowest BCUT2D eigenvalue weighted by Crippen LogP contribution is -2.30. The third-order valence-corrected chi connectivity index (χ3v) is 6.10. The minimum absolute atomic E-state index is 0.109. The van der Waals surface area contributed by atoms with Crippen LogP contribution >= 0.6 is 0 Å². The average Bonchev–Trinajstić information content (AvgIpc) is 2.98. The summed E-state index contributed by atoms with van der Waals surface area (Å²) in [4.78, 5) is 39.5. The van der Waals surface area contributed by atoms with Crippen molar-refractivity contribution in [3.63, 3.8) is 0 Å². The molecule has 0 spiro atoms. The van der Waals surface area contributed by atoms with E-state index < -0.39 is 0 Å². The zero-order valence-corrected chi connectivity index (χ0v) is 17.5. The molecule has 5 heteroatoms. The number of benzene rings is 2. The van der Waals surface area contributed by atoms with E-state index >= 15 is 0 Å². The Kier molecular flexibility index (Phi) is 5.29. The summed E-state index contributed by atoms with van der Waals surface area (Å²) in [5, 5.41) is 0. The van der Waals surface area contributed by atoms with E-state index in [1.807, 2.05) is 39.0 Å². The van der Waals surface area contributed by atoms with Gasteiger partial charge < -0.3 is 4.74 Å². The number of imide groups is 1. The molecule has 154 valence electrons. The molecule has 0 bridgehead atoms. The number of nitrogens with zero attached hydrogens (tertiary/aromatic N) is 1. The van der Waals surface area contributed by atoms with Crippen LogP contribution in [0.4, 0.5) is 5.69 Å². The molecule has 0 saturated carbocycles. The number of ketones is 1. The van der Waals surface area contributed by atoms with Gasteiger partial charge in [0.05, 0.1) is 17.5 Å². The number of aryl methyl sites for hydroxylation is 2. The highest BCUT2D eigenvalue weighted by molar-refractivity contribution is 6.22. The molecular weight excluding hydrogens is 378 g/mol. The second kappa shape index (κ2) is 7.90. The van der Waals surface area contributed by atoms with Gasteiger partial charge in [0.1, 0.15) is 5.75 Å². The number of amides is 2. The number of Topliss-reactive ketones (excluding diaryl/α,β-unsaturated/α-hetero) is 1. The molecule has 30 heavy (non-hydrogen) atoms. The minimum Gasteiger partial charge on any atom is -0.485 e. The molecule has 2 amide bonds. The molecule has 1 fully saturated rings. The highest BCUT2D eigenvalue weighted by atomic mass is 16.5. The van der Waals surface area contributed by atoms with Crippen LogP contribution in [-0.2, 0) is 9.59 Å². The maximum atomic E-state index is 12.9. The van der Waals surface area contributed by atoms with Gasteiger partial charge in [-0.1, -0.05) is 29.8 Å². The molecule has 2 atom stereocenters. The molecule has 1 saturated heterocycles. The Morgan fingerprint density at radius 3 is 2.53 bits per heavy atom. The fourth-order valence-corrected chi connectivity index (χ4v) is 4.15. The Morgan fingerprint density at radius 1 is 1.00 bits per heavy atom. The molecule has 0 aromatic heterocycles. The molecule has 4 rings (SSSR count). The third kappa shape index (κ3) is 3.67. The molecule has 2 aliphatic rings. The lowest BCUT2D eigenvalue weighted by molar-refractivity contribution is -0.122. The lowest BCUT2D eigenvalue weighted by Gasteiger charge is -2.18. The van der Waals surface area contributed by atoms with Crippen LogP contribution < -0.4 is 9.64 Å². The van der Waals surface area contributed by atoms with Gasteiger partial charge in [0.15, 0.2) is 12.4 Å². The Morgan fingerprint density at radius 2 is 1.77 bits per heavy atom. The van der Waals surface area contributed by atoms with Crippen molar-refractivity contribution in [3.8, 4) is 5.75 Å². The third-order valence-electron chi connectivity index (χ3n) is 6.10. The first-order valence-corrected chi connectivity index (χ1v) is 10.2. The van der Waals surface area contributed by atoms with E-state index in [0.717, 1.165) is 16.7 Å². The maximum Gasteiger partial charge on any atom is 0.238 e. The minimum atomic E-state index is -0.280. The summed E-state index contributed by atoms with van der Waals surface area (Å²) >= 11 is 0. The second-order valence-corrected chi connectivity index (χ2v) is 8.22. The number of rotatable bonds is 5. The summed E-state index contributed by atoms with van der Waals surface area (Å²) in [7, 11) is 0. The van der Waals surface area contributed by atoms with Crippen molar-refractivity contribution < 1.29 is 19.1 Å². The Bertz CT molecular complexity index is 1070. The van der Waals surface area contributed by atoms with Crippen LogP contribution in [0.3, 0.4) is 0 Å². The Hall–Kier alpha value is -3.21. The highest BCUT2D eigenvalue weighted by Crippen LogP contribution is 2.40. The SMILES string of the molecule is CC1=CC[C@@H]2C(=O)N(c3cccc(OCC(=O)c4ccc(C)c(C)c4)c3)C(=O)[C@H]2C1. The van der Waals surface area contributed by atoms with Gasteiger partial charge in [-0.3, -0.25) is 14.4 Å². The first-order valence-electron chi connectivity index (χ1n) is 10.2. The molecule has 0 unspecified atom stereocenters. The van der Waals surface area contributed by atoms with Crippen LogP contribution in [0.15, 0.2) is 54.1 Å². The monoisotopic (exact) mass is 403 g/mol. The molecule has 2 aromatic rings. The molecular formula is C25H25NO4. The zero-order valence-electron chi connectivity index (χ0n) is 17.5. The topological polar surface area (TPSA) is 63.7 Å². The van der Waals surface area contributed by atoms with Crippen LogP contribution in [0.25, 0.3) is 0 Å². The first kappa shape index (κ1) is 20.1. The van der Waals surface area contributed by atoms with Crippen molar-refractivity contribution in [2.24, 2.45) is 11.8 Å². The van der Waals surface area contributed by atoms with Gasteiger partial charge in [-0.05, 0) is 62.9 Å². The van der Waals surface area contributed by atoms with Crippen molar-refractivity contribution in [1.82, 2.24) is 0 Å². The van der Waals surface area contributed by atoms with E-state index in [1.54, 1.807) is 30.3 Å². The van der Waals surface area contributed by atoms with E-state index in [0.29, 0.717) is 29.8 Å². The maximum absolute atomic E-state index is 12.9. The smallest absolute Gasteiger partial charge is 0.238 e. The predicted molar refractivity (Wildman–Crippen MR) is 115 cm³/mol. The van der Waals surface area contributed by atoms with Crippen LogP contribution in [0.1, 0.15) is 41.3 Å². The molecule has 0 radical (unpaired) electrons. The summed E-state index contributed by atoms with van der Waals surface area (Å²) in [6, 6.07) is 12.4. The molecule has 1 aliphatic carbocycles. The second-order valence-electron chi connectivity index (χ2n) is 8.22. The van der Waals surface area contributed by atoms with Crippen LogP contribution in [0.5, 0.6) is 5.75 Å². The van der Waals surface area contributed by atoms with Gasteiger partial charge in [-0.2, -0.15) is 0 Å².